The van der Waals surface area contributed by atoms with E-state index in [0.29, 0.717) is 18.0 Å². The van der Waals surface area contributed by atoms with Crippen LogP contribution in [0.2, 0.25) is 0 Å². The first-order valence-electron chi connectivity index (χ1n) is 8.67. The normalized spacial score (nSPS) is 28.3. The van der Waals surface area contributed by atoms with Gasteiger partial charge in [0, 0.05) is 31.8 Å². The van der Waals surface area contributed by atoms with E-state index >= 15 is 0 Å². The molecule has 2 rings (SSSR count). The number of rotatable bonds is 3. The van der Waals surface area contributed by atoms with Gasteiger partial charge in [-0.25, -0.2) is 4.79 Å². The van der Waals surface area contributed by atoms with E-state index in [0.717, 1.165) is 52.0 Å². The molecule has 22 heavy (non-hydrogen) atoms. The van der Waals surface area contributed by atoms with Crippen molar-refractivity contribution in [1.29, 1.82) is 0 Å². The van der Waals surface area contributed by atoms with E-state index in [-0.39, 0.29) is 6.09 Å². The van der Waals surface area contributed by atoms with E-state index in [9.17, 15) is 4.79 Å². The van der Waals surface area contributed by atoms with Crippen molar-refractivity contribution in [2.24, 2.45) is 5.92 Å². The largest absolute Gasteiger partial charge is 0.444 e. The molecule has 1 N–H and O–H groups in total. The van der Waals surface area contributed by atoms with Crippen LogP contribution in [-0.2, 0) is 9.47 Å². The summed E-state index contributed by atoms with van der Waals surface area (Å²) in [5, 5.41) is 3.72. The maximum Gasteiger partial charge on any atom is 0.410 e. The van der Waals surface area contributed by atoms with Crippen molar-refractivity contribution in [2.45, 2.75) is 71.1 Å². The van der Waals surface area contributed by atoms with Crippen LogP contribution in [0.1, 0.15) is 53.4 Å². The molecule has 0 aliphatic carbocycles. The number of likely N-dealkylation sites (tertiary alicyclic amines) is 1. The van der Waals surface area contributed by atoms with Crippen LogP contribution in [0.5, 0.6) is 0 Å². The number of carbonyl (C=O) groups excluding carboxylic acids is 1. The van der Waals surface area contributed by atoms with Crippen molar-refractivity contribution in [1.82, 2.24) is 10.2 Å². The summed E-state index contributed by atoms with van der Waals surface area (Å²) >= 11 is 0. The van der Waals surface area contributed by atoms with E-state index in [1.165, 1.54) is 0 Å². The van der Waals surface area contributed by atoms with Crippen LogP contribution < -0.4 is 5.32 Å². The van der Waals surface area contributed by atoms with Gasteiger partial charge in [0.15, 0.2) is 0 Å². The summed E-state index contributed by atoms with van der Waals surface area (Å²) in [4.78, 5) is 14.2. The van der Waals surface area contributed by atoms with E-state index in [2.05, 4.69) is 12.2 Å². The molecule has 5 heteroatoms. The molecule has 0 aromatic heterocycles. The van der Waals surface area contributed by atoms with Gasteiger partial charge in [-0.3, -0.25) is 0 Å². The first-order valence-corrected chi connectivity index (χ1v) is 8.67. The molecule has 0 saturated carbocycles. The molecule has 1 amide bonds. The molecular weight excluding hydrogens is 280 g/mol. The molecule has 128 valence electrons. The van der Waals surface area contributed by atoms with Gasteiger partial charge in [-0.15, -0.1) is 0 Å². The SMILES string of the molecule is CC(NC1CCCCN(C(=O)OC(C)(C)C)C1)C1CCOC1. The molecule has 2 heterocycles. The highest BCUT2D eigenvalue weighted by Gasteiger charge is 2.29. The molecule has 0 spiro atoms. The van der Waals surface area contributed by atoms with Gasteiger partial charge in [0.25, 0.3) is 0 Å². The maximum absolute atomic E-state index is 12.3. The molecule has 0 bridgehead atoms. The molecule has 5 nitrogen and oxygen atoms in total. The lowest BCUT2D eigenvalue weighted by molar-refractivity contribution is 0.0240. The predicted octanol–water partition coefficient (Wildman–Crippen LogP) is 2.79. The van der Waals surface area contributed by atoms with Gasteiger partial charge in [0.1, 0.15) is 5.60 Å². The lowest BCUT2D eigenvalue weighted by Crippen LogP contribution is -2.48. The average molecular weight is 312 g/mol. The Bertz CT molecular complexity index is 361. The quantitative estimate of drug-likeness (QED) is 0.870. The Kier molecular flexibility index (Phi) is 6.09. The van der Waals surface area contributed by atoms with Crippen LogP contribution >= 0.6 is 0 Å². The maximum atomic E-state index is 12.3. The smallest absolute Gasteiger partial charge is 0.410 e. The third kappa shape index (κ3) is 5.43. The molecule has 2 fully saturated rings. The molecule has 2 aliphatic heterocycles. The second-order valence-corrected chi connectivity index (χ2v) is 7.70. The highest BCUT2D eigenvalue weighted by atomic mass is 16.6. The minimum absolute atomic E-state index is 0.182. The van der Waals surface area contributed by atoms with Crippen LogP contribution in [0, 0.1) is 5.92 Å². The minimum Gasteiger partial charge on any atom is -0.444 e. The Balaban J connectivity index is 1.87. The fourth-order valence-electron chi connectivity index (χ4n) is 3.23. The zero-order chi connectivity index (χ0) is 16.2. The van der Waals surface area contributed by atoms with Crippen molar-refractivity contribution in [2.75, 3.05) is 26.3 Å². The van der Waals surface area contributed by atoms with Gasteiger partial charge >= 0.3 is 6.09 Å². The van der Waals surface area contributed by atoms with Gasteiger partial charge in [0.05, 0.1) is 6.61 Å². The number of ether oxygens (including phenoxy) is 2. The number of hydrogen-bond donors (Lipinski definition) is 1. The predicted molar refractivity (Wildman–Crippen MR) is 87.0 cm³/mol. The number of carbonyl (C=O) groups is 1. The van der Waals surface area contributed by atoms with Crippen LogP contribution in [0.3, 0.4) is 0 Å². The third-order valence-corrected chi connectivity index (χ3v) is 4.49. The molecule has 2 aliphatic rings. The van der Waals surface area contributed by atoms with Crippen molar-refractivity contribution >= 4 is 6.09 Å². The van der Waals surface area contributed by atoms with Crippen molar-refractivity contribution in [3.63, 3.8) is 0 Å². The molecule has 2 saturated heterocycles. The second kappa shape index (κ2) is 7.64. The first kappa shape index (κ1) is 17.5. The molecule has 3 unspecified atom stereocenters. The summed E-state index contributed by atoms with van der Waals surface area (Å²) in [6.45, 7) is 11.3. The minimum atomic E-state index is -0.430. The van der Waals surface area contributed by atoms with E-state index < -0.39 is 5.60 Å². The lowest BCUT2D eigenvalue weighted by Gasteiger charge is -2.31. The lowest BCUT2D eigenvalue weighted by atomic mass is 9.99. The number of nitrogens with one attached hydrogen (secondary N) is 1. The van der Waals surface area contributed by atoms with Crippen LogP contribution in [0.4, 0.5) is 4.79 Å². The van der Waals surface area contributed by atoms with Crippen molar-refractivity contribution in [3.8, 4) is 0 Å². The Hall–Kier alpha value is -0.810. The highest BCUT2D eigenvalue weighted by Crippen LogP contribution is 2.20. The Morgan fingerprint density at radius 2 is 2.09 bits per heavy atom. The van der Waals surface area contributed by atoms with E-state index in [1.807, 2.05) is 25.7 Å². The van der Waals surface area contributed by atoms with Crippen LogP contribution in [-0.4, -0.2) is 55.0 Å². The molecule has 3 atom stereocenters. The third-order valence-electron chi connectivity index (χ3n) is 4.49. The molecule has 0 aromatic carbocycles. The topological polar surface area (TPSA) is 50.8 Å². The average Bonchev–Trinajstić information content (AvgIpc) is 2.84. The summed E-state index contributed by atoms with van der Waals surface area (Å²) in [7, 11) is 0. The number of amides is 1. The van der Waals surface area contributed by atoms with E-state index in [4.69, 9.17) is 9.47 Å². The van der Waals surface area contributed by atoms with Gasteiger partial charge in [-0.2, -0.15) is 0 Å². The Morgan fingerprint density at radius 1 is 1.32 bits per heavy atom. The van der Waals surface area contributed by atoms with Crippen LogP contribution in [0.25, 0.3) is 0 Å². The summed E-state index contributed by atoms with van der Waals surface area (Å²) in [6, 6.07) is 0.789. The number of hydrogen-bond acceptors (Lipinski definition) is 4. The van der Waals surface area contributed by atoms with Gasteiger partial charge in [-0.05, 0) is 52.9 Å². The zero-order valence-electron chi connectivity index (χ0n) is 14.6. The Morgan fingerprint density at radius 3 is 2.73 bits per heavy atom. The summed E-state index contributed by atoms with van der Waals surface area (Å²) in [6.07, 6.45) is 4.29. The second-order valence-electron chi connectivity index (χ2n) is 7.70. The monoisotopic (exact) mass is 312 g/mol. The zero-order valence-corrected chi connectivity index (χ0v) is 14.6. The first-order chi connectivity index (χ1) is 10.3. The molecule has 0 aromatic rings. The van der Waals surface area contributed by atoms with Crippen molar-refractivity contribution in [3.05, 3.63) is 0 Å². The molecule has 0 radical (unpaired) electrons. The fraction of sp³-hybridized carbons (Fsp3) is 0.941. The van der Waals surface area contributed by atoms with Crippen molar-refractivity contribution < 1.29 is 14.3 Å². The van der Waals surface area contributed by atoms with Gasteiger partial charge < -0.3 is 19.7 Å². The van der Waals surface area contributed by atoms with Gasteiger partial charge in [0.2, 0.25) is 0 Å². The molecular formula is C17H32N2O3. The van der Waals surface area contributed by atoms with Crippen LogP contribution in [0.15, 0.2) is 0 Å². The highest BCUT2D eigenvalue weighted by molar-refractivity contribution is 5.68. The Labute approximate surface area is 134 Å². The van der Waals surface area contributed by atoms with E-state index in [1.54, 1.807) is 0 Å². The fourth-order valence-corrected chi connectivity index (χ4v) is 3.23. The summed E-state index contributed by atoms with van der Waals surface area (Å²) in [5.41, 5.74) is -0.430. The number of nitrogens with zero attached hydrogens (tertiary/aromatic N) is 1. The summed E-state index contributed by atoms with van der Waals surface area (Å²) < 4.78 is 11.0. The van der Waals surface area contributed by atoms with Gasteiger partial charge in [-0.1, -0.05) is 6.42 Å². The summed E-state index contributed by atoms with van der Waals surface area (Å²) in [5.74, 6) is 0.596. The standard InChI is InChI=1S/C17H32N2O3/c1-13(14-8-10-21-12-14)18-15-7-5-6-9-19(11-15)16(20)22-17(2,3)4/h13-15,18H,5-12H2,1-4H3.